The Bertz CT molecular complexity index is 670. The van der Waals surface area contributed by atoms with E-state index >= 15 is 0 Å². The number of carbonyl (C=O) groups excluding carboxylic acids is 1. The van der Waals surface area contributed by atoms with Gasteiger partial charge >= 0.3 is 0 Å². The van der Waals surface area contributed by atoms with Crippen molar-refractivity contribution in [2.75, 3.05) is 32.1 Å². The van der Waals surface area contributed by atoms with Crippen molar-refractivity contribution in [2.45, 2.75) is 12.8 Å². The van der Waals surface area contributed by atoms with Gasteiger partial charge in [-0.15, -0.1) is 0 Å². The first-order valence-electron chi connectivity index (χ1n) is 8.05. The molecule has 120 valence electrons. The Morgan fingerprint density at radius 1 is 1.17 bits per heavy atom. The van der Waals surface area contributed by atoms with Gasteiger partial charge in [0.15, 0.2) is 0 Å². The minimum atomic E-state index is 0.0576. The van der Waals surface area contributed by atoms with E-state index < -0.39 is 0 Å². The second-order valence-electron chi connectivity index (χ2n) is 5.75. The molecule has 0 fully saturated rings. The van der Waals surface area contributed by atoms with Gasteiger partial charge in [0.1, 0.15) is 12.4 Å². The smallest absolute Gasteiger partial charge is 0.254 e. The van der Waals surface area contributed by atoms with Crippen LogP contribution in [0.15, 0.2) is 48.5 Å². The number of amides is 1. The molecule has 0 radical (unpaired) electrons. The number of hydrogen-bond donors (Lipinski definition) is 1. The zero-order valence-corrected chi connectivity index (χ0v) is 13.4. The van der Waals surface area contributed by atoms with Gasteiger partial charge in [-0.2, -0.15) is 0 Å². The maximum atomic E-state index is 12.7. The van der Waals surface area contributed by atoms with E-state index in [4.69, 9.17) is 4.74 Å². The molecule has 0 aromatic heterocycles. The average Bonchev–Trinajstić information content (AvgIpc) is 2.61. The third kappa shape index (κ3) is 3.65. The van der Waals surface area contributed by atoms with Crippen LogP contribution >= 0.6 is 0 Å². The number of nitrogens with zero attached hydrogens (tertiary/aromatic N) is 1. The molecule has 1 amide bonds. The molecule has 1 heterocycles. The first-order valence-corrected chi connectivity index (χ1v) is 8.05. The van der Waals surface area contributed by atoms with E-state index in [-0.39, 0.29) is 5.91 Å². The molecule has 1 N–H and O–H groups in total. The summed E-state index contributed by atoms with van der Waals surface area (Å²) in [4.78, 5) is 14.4. The lowest BCUT2D eigenvalue weighted by molar-refractivity contribution is 0.0772. The van der Waals surface area contributed by atoms with Crippen molar-refractivity contribution in [2.24, 2.45) is 0 Å². The Morgan fingerprint density at radius 2 is 2.00 bits per heavy atom. The summed E-state index contributed by atoms with van der Waals surface area (Å²) < 4.78 is 5.67. The fourth-order valence-corrected chi connectivity index (χ4v) is 2.83. The summed E-state index contributed by atoms with van der Waals surface area (Å²) in [5, 5.41) is 3.37. The Morgan fingerprint density at radius 3 is 2.83 bits per heavy atom. The lowest BCUT2D eigenvalue weighted by Gasteiger charge is -2.23. The normalized spacial score (nSPS) is 12.9. The van der Waals surface area contributed by atoms with E-state index in [9.17, 15) is 4.79 Å². The predicted molar refractivity (Wildman–Crippen MR) is 92.2 cm³/mol. The van der Waals surface area contributed by atoms with Crippen LogP contribution in [0, 0.1) is 0 Å². The van der Waals surface area contributed by atoms with Gasteiger partial charge in [0.2, 0.25) is 0 Å². The number of para-hydroxylation sites is 1. The summed E-state index contributed by atoms with van der Waals surface area (Å²) in [5.41, 5.74) is 3.03. The molecule has 2 aromatic rings. The largest absolute Gasteiger partial charge is 0.492 e. The minimum absolute atomic E-state index is 0.0576. The van der Waals surface area contributed by atoms with Gasteiger partial charge in [0.05, 0.1) is 6.54 Å². The summed E-state index contributed by atoms with van der Waals surface area (Å²) in [7, 11) is 1.83. The first-order chi connectivity index (χ1) is 11.3. The number of carbonyl (C=O) groups is 1. The molecule has 1 aliphatic rings. The highest BCUT2D eigenvalue weighted by atomic mass is 16.5. The van der Waals surface area contributed by atoms with Crippen LogP contribution in [0.3, 0.4) is 0 Å². The average molecular weight is 310 g/mol. The zero-order chi connectivity index (χ0) is 16.1. The molecule has 0 aliphatic carbocycles. The van der Waals surface area contributed by atoms with Crippen molar-refractivity contribution in [3.8, 4) is 5.75 Å². The summed E-state index contributed by atoms with van der Waals surface area (Å²) in [6.07, 6.45) is 2.02. The fraction of sp³-hybridized carbons (Fsp3) is 0.316. The van der Waals surface area contributed by atoms with Gasteiger partial charge in [0, 0.05) is 24.8 Å². The number of likely N-dealkylation sites (N-methyl/N-ethyl adjacent to an activating group) is 1. The van der Waals surface area contributed by atoms with Gasteiger partial charge in [-0.25, -0.2) is 0 Å². The number of ether oxygens (including phenoxy) is 1. The molecule has 0 atom stereocenters. The predicted octanol–water partition coefficient (Wildman–Crippen LogP) is 3.20. The van der Waals surface area contributed by atoms with E-state index in [0.29, 0.717) is 13.2 Å². The highest BCUT2D eigenvalue weighted by Crippen LogP contribution is 2.26. The number of nitrogens with one attached hydrogen (secondary N) is 1. The van der Waals surface area contributed by atoms with Gasteiger partial charge in [-0.05, 0) is 42.7 Å². The van der Waals surface area contributed by atoms with Crippen LogP contribution in [0.4, 0.5) is 5.69 Å². The van der Waals surface area contributed by atoms with E-state index in [1.807, 2.05) is 55.6 Å². The van der Waals surface area contributed by atoms with E-state index in [1.54, 1.807) is 4.90 Å². The van der Waals surface area contributed by atoms with Gasteiger partial charge < -0.3 is 15.0 Å². The lowest BCUT2D eigenvalue weighted by Crippen LogP contribution is -2.32. The molecule has 0 saturated heterocycles. The fourth-order valence-electron chi connectivity index (χ4n) is 2.83. The van der Waals surface area contributed by atoms with Crippen LogP contribution in [0.1, 0.15) is 22.3 Å². The van der Waals surface area contributed by atoms with Gasteiger partial charge in [-0.3, -0.25) is 4.79 Å². The molecule has 23 heavy (non-hydrogen) atoms. The molecule has 4 nitrogen and oxygen atoms in total. The molecular weight excluding hydrogens is 288 g/mol. The zero-order valence-electron chi connectivity index (χ0n) is 13.4. The number of hydrogen-bond acceptors (Lipinski definition) is 3. The van der Waals surface area contributed by atoms with Crippen LogP contribution in [-0.2, 0) is 6.42 Å². The van der Waals surface area contributed by atoms with Crippen molar-refractivity contribution in [1.82, 2.24) is 4.90 Å². The standard InChI is InChI=1S/C19H22N2O2/c1-21(13-14-23-15-7-3-2-4-8-15)19(22)17-9-5-11-18-16(17)10-6-12-20-18/h2-5,7-9,11,20H,6,10,12-14H2,1H3. The van der Waals surface area contributed by atoms with Crippen molar-refractivity contribution < 1.29 is 9.53 Å². The molecule has 3 rings (SSSR count). The topological polar surface area (TPSA) is 41.6 Å². The number of benzene rings is 2. The SMILES string of the molecule is CN(CCOc1ccccc1)C(=O)c1cccc2c1CCCN2. The van der Waals surface area contributed by atoms with Crippen molar-refractivity contribution in [3.63, 3.8) is 0 Å². The molecule has 0 saturated carbocycles. The number of rotatable bonds is 5. The summed E-state index contributed by atoms with van der Waals surface area (Å²) >= 11 is 0. The van der Waals surface area contributed by atoms with E-state index in [0.717, 1.165) is 42.0 Å². The monoisotopic (exact) mass is 310 g/mol. The molecule has 2 aromatic carbocycles. The second-order valence-corrected chi connectivity index (χ2v) is 5.75. The quantitative estimate of drug-likeness (QED) is 0.922. The molecule has 4 heteroatoms. The summed E-state index contributed by atoms with van der Waals surface area (Å²) in [6, 6.07) is 15.6. The molecule has 0 spiro atoms. The van der Waals surface area contributed by atoms with E-state index in [1.165, 1.54) is 0 Å². The van der Waals surface area contributed by atoms with Crippen LogP contribution in [-0.4, -0.2) is 37.6 Å². The van der Waals surface area contributed by atoms with Crippen molar-refractivity contribution >= 4 is 11.6 Å². The Labute approximate surface area is 137 Å². The Balaban J connectivity index is 1.61. The molecule has 1 aliphatic heterocycles. The minimum Gasteiger partial charge on any atom is -0.492 e. The van der Waals surface area contributed by atoms with Crippen molar-refractivity contribution in [1.29, 1.82) is 0 Å². The van der Waals surface area contributed by atoms with E-state index in [2.05, 4.69) is 5.32 Å². The molecule has 0 unspecified atom stereocenters. The number of anilines is 1. The van der Waals surface area contributed by atoms with Gasteiger partial charge in [0.25, 0.3) is 5.91 Å². The second kappa shape index (κ2) is 7.18. The van der Waals surface area contributed by atoms with Crippen molar-refractivity contribution in [3.05, 3.63) is 59.7 Å². The van der Waals surface area contributed by atoms with Crippen LogP contribution < -0.4 is 10.1 Å². The van der Waals surface area contributed by atoms with Gasteiger partial charge in [-0.1, -0.05) is 24.3 Å². The van der Waals surface area contributed by atoms with Crippen LogP contribution in [0.2, 0.25) is 0 Å². The molecule has 0 bridgehead atoms. The summed E-state index contributed by atoms with van der Waals surface area (Å²) in [6.45, 7) is 2.02. The third-order valence-electron chi connectivity index (χ3n) is 4.11. The number of fused-ring (bicyclic) bond motifs is 1. The highest BCUT2D eigenvalue weighted by molar-refractivity contribution is 5.97. The molecular formula is C19H22N2O2. The lowest BCUT2D eigenvalue weighted by atomic mass is 9.97. The third-order valence-corrected chi connectivity index (χ3v) is 4.11. The van der Waals surface area contributed by atoms with Crippen LogP contribution in [0.25, 0.3) is 0 Å². The Hall–Kier alpha value is -2.49. The maximum absolute atomic E-state index is 12.7. The maximum Gasteiger partial charge on any atom is 0.254 e. The van der Waals surface area contributed by atoms with Crippen LogP contribution in [0.5, 0.6) is 5.75 Å². The highest BCUT2D eigenvalue weighted by Gasteiger charge is 2.19. The summed E-state index contributed by atoms with van der Waals surface area (Å²) in [5.74, 6) is 0.886. The first kappa shape index (κ1) is 15.4. The Kier molecular flexibility index (Phi) is 4.81.